The number of halogens is 1. The zero-order valence-electron chi connectivity index (χ0n) is 10.7. The van der Waals surface area contributed by atoms with Crippen molar-refractivity contribution in [3.63, 3.8) is 0 Å². The number of hydrogen-bond acceptors (Lipinski definition) is 3. The van der Waals surface area contributed by atoms with E-state index in [1.165, 1.54) is 31.0 Å². The zero-order valence-corrected chi connectivity index (χ0v) is 10.7. The minimum absolute atomic E-state index is 0.206. The molecule has 1 saturated heterocycles. The summed E-state index contributed by atoms with van der Waals surface area (Å²) in [6, 6.07) is 4.63. The number of phenolic OH excluding ortho intramolecular Hbond substituents is 1. The van der Waals surface area contributed by atoms with Gasteiger partial charge in [0.1, 0.15) is 17.1 Å². The van der Waals surface area contributed by atoms with E-state index < -0.39 is 11.7 Å². The van der Waals surface area contributed by atoms with Crippen LogP contribution in [0, 0.1) is 5.82 Å². The third kappa shape index (κ3) is 2.42. The molecule has 0 unspecified atom stereocenters. The van der Waals surface area contributed by atoms with Crippen molar-refractivity contribution in [3.05, 3.63) is 29.6 Å². The number of rotatable bonds is 2. The Morgan fingerprint density at radius 1 is 1.21 bits per heavy atom. The molecule has 0 radical (unpaired) electrons. The summed E-state index contributed by atoms with van der Waals surface area (Å²) >= 11 is 0. The van der Waals surface area contributed by atoms with Gasteiger partial charge in [-0.15, -0.1) is 0 Å². The zero-order chi connectivity index (χ0) is 13.4. The summed E-state index contributed by atoms with van der Waals surface area (Å²) < 4.78 is 13.7. The van der Waals surface area contributed by atoms with Crippen molar-refractivity contribution < 1.29 is 14.3 Å². The largest absolute Gasteiger partial charge is 0.507 e. The molecule has 0 bridgehead atoms. The molecule has 1 aromatic carbocycles. The fourth-order valence-electron chi connectivity index (χ4n) is 2.61. The lowest BCUT2D eigenvalue weighted by Gasteiger charge is -2.34. The van der Waals surface area contributed by atoms with E-state index in [9.17, 15) is 14.3 Å². The highest BCUT2D eigenvalue weighted by atomic mass is 19.1. The second kappa shape index (κ2) is 4.81. The minimum Gasteiger partial charge on any atom is -0.507 e. The highest BCUT2D eigenvalue weighted by Gasteiger charge is 2.33. The molecule has 1 amide bonds. The van der Waals surface area contributed by atoms with E-state index in [2.05, 4.69) is 4.90 Å². The fourth-order valence-corrected chi connectivity index (χ4v) is 2.61. The second-order valence-electron chi connectivity index (χ2n) is 5.19. The first-order chi connectivity index (χ1) is 9.16. The smallest absolute Gasteiger partial charge is 0.260 e. The van der Waals surface area contributed by atoms with E-state index in [1.54, 1.807) is 4.90 Å². The molecule has 1 aliphatic carbocycles. The quantitative estimate of drug-likeness (QED) is 0.879. The van der Waals surface area contributed by atoms with Crippen molar-refractivity contribution in [1.82, 2.24) is 9.80 Å². The van der Waals surface area contributed by atoms with Gasteiger partial charge in [-0.3, -0.25) is 9.69 Å². The topological polar surface area (TPSA) is 43.8 Å². The first-order valence-corrected chi connectivity index (χ1v) is 6.67. The predicted molar refractivity (Wildman–Crippen MR) is 68.6 cm³/mol. The first-order valence-electron chi connectivity index (χ1n) is 6.67. The minimum atomic E-state index is -0.658. The molecule has 0 atom stereocenters. The van der Waals surface area contributed by atoms with Crippen LogP contribution < -0.4 is 0 Å². The summed E-state index contributed by atoms with van der Waals surface area (Å²) in [7, 11) is 0. The van der Waals surface area contributed by atoms with Crippen LogP contribution >= 0.6 is 0 Å². The van der Waals surface area contributed by atoms with E-state index in [4.69, 9.17) is 0 Å². The summed E-state index contributed by atoms with van der Waals surface area (Å²) in [6.45, 7) is 2.88. The summed E-state index contributed by atoms with van der Waals surface area (Å²) in [4.78, 5) is 16.2. The highest BCUT2D eigenvalue weighted by Crippen LogP contribution is 2.28. The van der Waals surface area contributed by atoms with Crippen molar-refractivity contribution >= 4 is 5.91 Å². The SMILES string of the molecule is O=C(c1c(O)cccc1F)N1CCN(C2CC2)CC1. The average molecular weight is 264 g/mol. The summed E-state index contributed by atoms with van der Waals surface area (Å²) in [5.41, 5.74) is -0.206. The van der Waals surface area contributed by atoms with Gasteiger partial charge in [0, 0.05) is 32.2 Å². The lowest BCUT2D eigenvalue weighted by atomic mass is 10.1. The number of aromatic hydroxyl groups is 1. The molecule has 2 aliphatic rings. The Bertz CT molecular complexity index is 474. The molecule has 1 saturated carbocycles. The first kappa shape index (κ1) is 12.4. The van der Waals surface area contributed by atoms with Gasteiger partial charge in [-0.2, -0.15) is 0 Å². The van der Waals surface area contributed by atoms with Gasteiger partial charge in [0.2, 0.25) is 0 Å². The Kier molecular flexibility index (Phi) is 3.14. The third-order valence-corrected chi connectivity index (χ3v) is 3.87. The summed E-state index contributed by atoms with van der Waals surface area (Å²) in [5.74, 6) is -1.35. The molecule has 1 aliphatic heterocycles. The molecular weight excluding hydrogens is 247 g/mol. The van der Waals surface area contributed by atoms with E-state index in [-0.39, 0.29) is 11.3 Å². The molecule has 3 rings (SSSR count). The van der Waals surface area contributed by atoms with Gasteiger partial charge < -0.3 is 10.0 Å². The maximum Gasteiger partial charge on any atom is 0.260 e. The standard InChI is InChI=1S/C14H17FN2O2/c15-11-2-1-3-12(18)13(11)14(19)17-8-6-16(7-9-17)10-4-5-10/h1-3,10,18H,4-9H2. The van der Waals surface area contributed by atoms with Crippen LogP contribution in [0.25, 0.3) is 0 Å². The van der Waals surface area contributed by atoms with E-state index >= 15 is 0 Å². The van der Waals surface area contributed by atoms with Crippen LogP contribution in [0.3, 0.4) is 0 Å². The van der Waals surface area contributed by atoms with Gasteiger partial charge >= 0.3 is 0 Å². The Morgan fingerprint density at radius 3 is 2.47 bits per heavy atom. The van der Waals surface area contributed by atoms with Gasteiger partial charge in [0.15, 0.2) is 0 Å². The van der Waals surface area contributed by atoms with Crippen molar-refractivity contribution in [2.24, 2.45) is 0 Å². The molecule has 102 valence electrons. The van der Waals surface area contributed by atoms with Crippen molar-refractivity contribution in [3.8, 4) is 5.75 Å². The van der Waals surface area contributed by atoms with Crippen LogP contribution in [-0.2, 0) is 0 Å². The Morgan fingerprint density at radius 2 is 1.89 bits per heavy atom. The molecule has 4 nitrogen and oxygen atoms in total. The molecule has 0 spiro atoms. The van der Waals surface area contributed by atoms with Crippen LogP contribution in [0.2, 0.25) is 0 Å². The van der Waals surface area contributed by atoms with Crippen molar-refractivity contribution in [2.45, 2.75) is 18.9 Å². The monoisotopic (exact) mass is 264 g/mol. The van der Waals surface area contributed by atoms with Crippen LogP contribution in [0.4, 0.5) is 4.39 Å². The molecular formula is C14H17FN2O2. The lowest BCUT2D eigenvalue weighted by Crippen LogP contribution is -2.49. The number of carbonyl (C=O) groups excluding carboxylic acids is 1. The molecule has 1 heterocycles. The van der Waals surface area contributed by atoms with E-state index in [0.717, 1.165) is 13.1 Å². The lowest BCUT2D eigenvalue weighted by molar-refractivity contribution is 0.0619. The van der Waals surface area contributed by atoms with Gasteiger partial charge in [-0.1, -0.05) is 6.07 Å². The van der Waals surface area contributed by atoms with Crippen LogP contribution in [-0.4, -0.2) is 53.0 Å². The third-order valence-electron chi connectivity index (χ3n) is 3.87. The second-order valence-corrected chi connectivity index (χ2v) is 5.19. The van der Waals surface area contributed by atoms with Crippen molar-refractivity contribution in [1.29, 1.82) is 0 Å². The molecule has 0 aromatic heterocycles. The summed E-state index contributed by atoms with van der Waals surface area (Å²) in [5, 5.41) is 9.64. The van der Waals surface area contributed by atoms with Crippen LogP contribution in [0.15, 0.2) is 18.2 Å². The van der Waals surface area contributed by atoms with Crippen LogP contribution in [0.5, 0.6) is 5.75 Å². The number of phenols is 1. The Labute approximate surface area is 111 Å². The maximum absolute atomic E-state index is 13.7. The Hall–Kier alpha value is -1.62. The van der Waals surface area contributed by atoms with E-state index in [0.29, 0.717) is 19.1 Å². The number of benzene rings is 1. The molecule has 1 aromatic rings. The number of amides is 1. The van der Waals surface area contributed by atoms with Crippen molar-refractivity contribution in [2.75, 3.05) is 26.2 Å². The number of hydrogen-bond donors (Lipinski definition) is 1. The molecule has 5 heteroatoms. The van der Waals surface area contributed by atoms with Gasteiger partial charge in [0.25, 0.3) is 5.91 Å². The summed E-state index contributed by atoms with van der Waals surface area (Å²) in [6.07, 6.45) is 2.50. The Balaban J connectivity index is 1.70. The van der Waals surface area contributed by atoms with Gasteiger partial charge in [0.05, 0.1) is 0 Å². The number of carbonyl (C=O) groups is 1. The highest BCUT2D eigenvalue weighted by molar-refractivity contribution is 5.97. The number of nitrogens with zero attached hydrogens (tertiary/aromatic N) is 2. The van der Waals surface area contributed by atoms with Crippen LogP contribution in [0.1, 0.15) is 23.2 Å². The molecule has 2 fully saturated rings. The number of piperazine rings is 1. The maximum atomic E-state index is 13.7. The predicted octanol–water partition coefficient (Wildman–Crippen LogP) is 1.45. The van der Waals surface area contributed by atoms with Gasteiger partial charge in [-0.05, 0) is 25.0 Å². The van der Waals surface area contributed by atoms with E-state index in [1.807, 2.05) is 0 Å². The normalized spacial score (nSPS) is 20.6. The molecule has 19 heavy (non-hydrogen) atoms. The molecule has 1 N–H and O–H groups in total. The fraction of sp³-hybridized carbons (Fsp3) is 0.500. The average Bonchev–Trinajstić information content (AvgIpc) is 3.23. The van der Waals surface area contributed by atoms with Gasteiger partial charge in [-0.25, -0.2) is 4.39 Å².